The van der Waals surface area contributed by atoms with E-state index < -0.39 is 0 Å². The summed E-state index contributed by atoms with van der Waals surface area (Å²) in [6, 6.07) is 18.7. The molecule has 0 spiro atoms. The van der Waals surface area contributed by atoms with Crippen LogP contribution >= 0.6 is 23.5 Å². The lowest BCUT2D eigenvalue weighted by atomic mass is 10.2. The van der Waals surface area contributed by atoms with E-state index >= 15 is 0 Å². The van der Waals surface area contributed by atoms with E-state index in [1.807, 2.05) is 72.5 Å². The third-order valence-corrected chi connectivity index (χ3v) is 6.61. The lowest BCUT2D eigenvalue weighted by molar-refractivity contribution is -0.113. The zero-order valence-corrected chi connectivity index (χ0v) is 20.4. The number of amides is 2. The Labute approximate surface area is 206 Å². The van der Waals surface area contributed by atoms with Gasteiger partial charge in [0.2, 0.25) is 5.91 Å². The first kappa shape index (κ1) is 23.7. The second-order valence-electron chi connectivity index (χ2n) is 7.39. The first-order valence-corrected chi connectivity index (χ1v) is 12.8. The molecule has 174 valence electrons. The van der Waals surface area contributed by atoms with E-state index in [-0.39, 0.29) is 17.6 Å². The zero-order valence-electron chi connectivity index (χ0n) is 18.8. The van der Waals surface area contributed by atoms with Crippen LogP contribution < -0.4 is 10.6 Å². The van der Waals surface area contributed by atoms with Gasteiger partial charge in [-0.1, -0.05) is 17.8 Å². The van der Waals surface area contributed by atoms with E-state index in [0.717, 1.165) is 22.0 Å². The highest BCUT2D eigenvalue weighted by atomic mass is 32.2. The van der Waals surface area contributed by atoms with Crippen molar-refractivity contribution in [3.05, 3.63) is 90.1 Å². The van der Waals surface area contributed by atoms with Crippen LogP contribution in [0.5, 0.6) is 0 Å². The fraction of sp³-hybridized carbons (Fsp3) is 0.160. The van der Waals surface area contributed by atoms with Gasteiger partial charge in [-0.25, -0.2) is 4.98 Å². The van der Waals surface area contributed by atoms with Crippen LogP contribution in [0.1, 0.15) is 21.9 Å². The molecule has 2 N–H and O–H groups in total. The Kier molecular flexibility index (Phi) is 7.76. The third-order valence-electron chi connectivity index (χ3n) is 4.92. The molecule has 0 bridgehead atoms. The highest BCUT2D eigenvalue weighted by Gasteiger charge is 2.11. The van der Waals surface area contributed by atoms with E-state index in [1.165, 1.54) is 11.8 Å². The average molecular weight is 493 g/mol. The summed E-state index contributed by atoms with van der Waals surface area (Å²) in [5, 5.41) is 6.47. The summed E-state index contributed by atoms with van der Waals surface area (Å²) >= 11 is 2.98. The molecular formula is C25H24N4O3S2. The van der Waals surface area contributed by atoms with Crippen molar-refractivity contribution in [2.45, 2.75) is 23.5 Å². The number of aromatic nitrogens is 2. The molecule has 4 aromatic rings. The summed E-state index contributed by atoms with van der Waals surface area (Å²) in [6.07, 6.45) is 5.52. The number of nitrogens with zero attached hydrogens (tertiary/aromatic N) is 2. The van der Waals surface area contributed by atoms with Crippen molar-refractivity contribution < 1.29 is 14.0 Å². The van der Waals surface area contributed by atoms with E-state index in [0.29, 0.717) is 23.0 Å². The number of hydrogen-bond donors (Lipinski definition) is 2. The molecule has 0 saturated carbocycles. The minimum atomic E-state index is -0.178. The molecule has 34 heavy (non-hydrogen) atoms. The first-order chi connectivity index (χ1) is 16.5. The van der Waals surface area contributed by atoms with Crippen LogP contribution in [-0.2, 0) is 11.3 Å². The molecule has 7 nitrogen and oxygen atoms in total. The molecule has 2 amide bonds. The number of benzene rings is 2. The van der Waals surface area contributed by atoms with Gasteiger partial charge >= 0.3 is 0 Å². The summed E-state index contributed by atoms with van der Waals surface area (Å²) in [5.74, 6) is 1.47. The van der Waals surface area contributed by atoms with E-state index in [4.69, 9.17) is 4.42 Å². The standard InChI is InChI=1S/C25H24N4O3S2/c1-17-6-11-21(32-17)15-27-24(31)18-7-9-20(10-8-18)29-13-12-26-25(29)34-16-23(30)28-19-4-3-5-22(14-19)33-2/h3-14H,15-16H2,1-2H3,(H,27,31)(H,28,30). The van der Waals surface area contributed by atoms with E-state index in [9.17, 15) is 9.59 Å². The van der Waals surface area contributed by atoms with Gasteiger partial charge in [0.1, 0.15) is 11.5 Å². The van der Waals surface area contributed by atoms with Crippen LogP contribution in [0.3, 0.4) is 0 Å². The first-order valence-electron chi connectivity index (χ1n) is 10.6. The normalized spacial score (nSPS) is 10.8. The Bertz CT molecular complexity index is 1280. The van der Waals surface area contributed by atoms with Crippen LogP contribution in [0.4, 0.5) is 5.69 Å². The van der Waals surface area contributed by atoms with Crippen LogP contribution in [0, 0.1) is 6.92 Å². The highest BCUT2D eigenvalue weighted by molar-refractivity contribution is 7.99. The van der Waals surface area contributed by atoms with Gasteiger partial charge in [-0.3, -0.25) is 14.2 Å². The number of carbonyl (C=O) groups excluding carboxylic acids is 2. The monoisotopic (exact) mass is 492 g/mol. The number of hydrogen-bond acceptors (Lipinski definition) is 6. The molecule has 2 heterocycles. The van der Waals surface area contributed by atoms with Crippen molar-refractivity contribution in [2.24, 2.45) is 0 Å². The Morgan fingerprint density at radius 3 is 2.65 bits per heavy atom. The van der Waals surface area contributed by atoms with Gasteiger partial charge < -0.3 is 15.1 Å². The fourth-order valence-electron chi connectivity index (χ4n) is 3.24. The maximum absolute atomic E-state index is 12.4. The smallest absolute Gasteiger partial charge is 0.251 e. The Balaban J connectivity index is 1.34. The van der Waals surface area contributed by atoms with Crippen molar-refractivity contribution >= 4 is 41.0 Å². The van der Waals surface area contributed by atoms with E-state index in [1.54, 1.807) is 30.1 Å². The predicted molar refractivity (Wildman–Crippen MR) is 136 cm³/mol. The molecule has 4 rings (SSSR count). The molecule has 2 aromatic carbocycles. The zero-order chi connectivity index (χ0) is 23.9. The molecular weight excluding hydrogens is 468 g/mol. The van der Waals surface area contributed by atoms with Crippen molar-refractivity contribution in [2.75, 3.05) is 17.3 Å². The van der Waals surface area contributed by atoms with Crippen LogP contribution in [0.15, 0.2) is 87.5 Å². The molecule has 0 radical (unpaired) electrons. The Morgan fingerprint density at radius 2 is 1.91 bits per heavy atom. The van der Waals surface area contributed by atoms with Gasteiger partial charge in [-0.2, -0.15) is 0 Å². The van der Waals surface area contributed by atoms with Crippen LogP contribution in [0.25, 0.3) is 5.69 Å². The van der Waals surface area contributed by atoms with Gasteiger partial charge in [0.25, 0.3) is 5.91 Å². The number of imidazole rings is 1. The van der Waals surface area contributed by atoms with Crippen LogP contribution in [-0.4, -0.2) is 33.4 Å². The van der Waals surface area contributed by atoms with Gasteiger partial charge in [-0.05, 0) is 67.8 Å². The second kappa shape index (κ2) is 11.1. The molecule has 0 aliphatic rings. The van der Waals surface area contributed by atoms with Crippen molar-refractivity contribution in [3.63, 3.8) is 0 Å². The molecule has 0 aliphatic heterocycles. The summed E-state index contributed by atoms with van der Waals surface area (Å²) in [5.41, 5.74) is 2.18. The number of carbonyl (C=O) groups is 2. The van der Waals surface area contributed by atoms with Gasteiger partial charge in [0, 0.05) is 34.2 Å². The molecule has 9 heteroatoms. The Hall–Kier alpha value is -3.43. The quantitative estimate of drug-likeness (QED) is 0.314. The number of furan rings is 1. The molecule has 0 aliphatic carbocycles. The maximum Gasteiger partial charge on any atom is 0.251 e. The van der Waals surface area contributed by atoms with Gasteiger partial charge in [-0.15, -0.1) is 11.8 Å². The number of thioether (sulfide) groups is 2. The lowest BCUT2D eigenvalue weighted by Crippen LogP contribution is -2.22. The van der Waals surface area contributed by atoms with Crippen LogP contribution in [0.2, 0.25) is 0 Å². The molecule has 0 atom stereocenters. The molecule has 0 saturated heterocycles. The van der Waals surface area contributed by atoms with Crippen molar-refractivity contribution in [3.8, 4) is 5.69 Å². The number of nitrogens with one attached hydrogen (secondary N) is 2. The van der Waals surface area contributed by atoms with E-state index in [2.05, 4.69) is 15.6 Å². The second-order valence-corrected chi connectivity index (χ2v) is 9.21. The summed E-state index contributed by atoms with van der Waals surface area (Å²) in [4.78, 5) is 30.3. The fourth-order valence-corrected chi connectivity index (χ4v) is 4.48. The summed E-state index contributed by atoms with van der Waals surface area (Å²) < 4.78 is 7.37. The largest absolute Gasteiger partial charge is 0.465 e. The topological polar surface area (TPSA) is 89.2 Å². The van der Waals surface area contributed by atoms with Gasteiger partial charge in [0.15, 0.2) is 5.16 Å². The maximum atomic E-state index is 12.4. The number of rotatable bonds is 9. The van der Waals surface area contributed by atoms with Gasteiger partial charge in [0.05, 0.1) is 12.3 Å². The SMILES string of the molecule is CSc1cccc(NC(=O)CSc2nccn2-c2ccc(C(=O)NCc3ccc(C)o3)cc2)c1. The summed E-state index contributed by atoms with van der Waals surface area (Å²) in [6.45, 7) is 2.20. The average Bonchev–Trinajstić information content (AvgIpc) is 3.50. The lowest BCUT2D eigenvalue weighted by Gasteiger charge is -2.09. The Morgan fingerprint density at radius 1 is 1.09 bits per heavy atom. The third kappa shape index (κ3) is 6.12. The molecule has 0 fully saturated rings. The highest BCUT2D eigenvalue weighted by Crippen LogP contribution is 2.22. The van der Waals surface area contributed by atoms with Crippen molar-refractivity contribution in [1.29, 1.82) is 0 Å². The number of aryl methyl sites for hydroxylation is 1. The van der Waals surface area contributed by atoms with Crippen molar-refractivity contribution in [1.82, 2.24) is 14.9 Å². The minimum Gasteiger partial charge on any atom is -0.465 e. The number of anilines is 1. The summed E-state index contributed by atoms with van der Waals surface area (Å²) in [7, 11) is 0. The predicted octanol–water partition coefficient (Wildman–Crippen LogP) is 5.16. The molecule has 0 unspecified atom stereocenters. The minimum absolute atomic E-state index is 0.100. The molecule has 2 aromatic heterocycles.